The molecule has 2 aromatic carbocycles. The quantitative estimate of drug-likeness (QED) is 0.183. The van der Waals surface area contributed by atoms with Crippen LogP contribution >= 0.6 is 0 Å². The van der Waals surface area contributed by atoms with Crippen LogP contribution in [0.3, 0.4) is 0 Å². The van der Waals surface area contributed by atoms with E-state index in [4.69, 9.17) is 0 Å². The third kappa shape index (κ3) is 7.29. The fourth-order valence-corrected chi connectivity index (χ4v) is 4.91. The highest BCUT2D eigenvalue weighted by Gasteiger charge is 2.35. The molecule has 0 aliphatic carbocycles. The molecule has 0 saturated carbocycles. The molecule has 3 heterocycles. The number of nitrogens with zero attached hydrogens (tertiary/aromatic N) is 3. The molecule has 4 aromatic rings. The van der Waals surface area contributed by atoms with Gasteiger partial charge in [-0.15, -0.1) is 0 Å². The van der Waals surface area contributed by atoms with Crippen LogP contribution in [0, 0.1) is 24.7 Å². The van der Waals surface area contributed by atoms with Crippen LogP contribution < -0.4 is 5.32 Å². The molecule has 1 atom stereocenters. The summed E-state index contributed by atoms with van der Waals surface area (Å²) in [7, 11) is 0. The smallest absolute Gasteiger partial charge is 0.333 e. The van der Waals surface area contributed by atoms with Crippen molar-refractivity contribution in [1.29, 1.82) is 0 Å². The molecule has 1 aliphatic rings. The molecular formula is C32H27F6N5O. The van der Waals surface area contributed by atoms with Crippen molar-refractivity contribution in [2.75, 3.05) is 18.4 Å². The minimum Gasteiger partial charge on any atom is -0.333 e. The summed E-state index contributed by atoms with van der Waals surface area (Å²) in [4.78, 5) is 25.0. The topological polar surface area (TPSA) is 73.9 Å². The van der Waals surface area contributed by atoms with Crippen LogP contribution in [-0.2, 0) is 18.9 Å². The van der Waals surface area contributed by atoms with Gasteiger partial charge in [0.15, 0.2) is 5.82 Å². The maximum absolute atomic E-state index is 13.9. The lowest BCUT2D eigenvalue weighted by Gasteiger charge is -2.20. The van der Waals surface area contributed by atoms with E-state index < -0.39 is 29.5 Å². The van der Waals surface area contributed by atoms with Crippen LogP contribution in [0.4, 0.5) is 32.0 Å². The van der Waals surface area contributed by atoms with Gasteiger partial charge in [0.05, 0.1) is 11.8 Å². The van der Waals surface area contributed by atoms with E-state index in [0.29, 0.717) is 23.2 Å². The minimum atomic E-state index is -4.58. The Balaban J connectivity index is 1.30. The number of aromatic amines is 1. The van der Waals surface area contributed by atoms with Gasteiger partial charge in [-0.3, -0.25) is 14.7 Å². The molecule has 5 rings (SSSR count). The normalized spacial score (nSPS) is 15.6. The van der Waals surface area contributed by atoms with Crippen LogP contribution in [0.2, 0.25) is 0 Å². The first-order valence-corrected chi connectivity index (χ1v) is 13.7. The number of pyridine rings is 1. The van der Waals surface area contributed by atoms with Crippen molar-refractivity contribution in [3.05, 3.63) is 100.0 Å². The number of anilines is 1. The summed E-state index contributed by atoms with van der Waals surface area (Å²) >= 11 is 0. The number of alkyl halides is 6. The Bertz CT molecular complexity index is 1730. The van der Waals surface area contributed by atoms with Crippen molar-refractivity contribution >= 4 is 11.6 Å². The highest BCUT2D eigenvalue weighted by Crippen LogP contribution is 2.35. The first kappa shape index (κ1) is 30.8. The van der Waals surface area contributed by atoms with E-state index in [2.05, 4.69) is 39.0 Å². The van der Waals surface area contributed by atoms with Crippen LogP contribution in [0.5, 0.6) is 0 Å². The van der Waals surface area contributed by atoms with E-state index in [9.17, 15) is 31.1 Å². The van der Waals surface area contributed by atoms with Gasteiger partial charge >= 0.3 is 12.4 Å². The molecule has 0 bridgehead atoms. The highest BCUT2D eigenvalue weighted by atomic mass is 19.4. The maximum atomic E-state index is 13.9. The average molecular weight is 612 g/mol. The predicted molar refractivity (Wildman–Crippen MR) is 152 cm³/mol. The lowest BCUT2D eigenvalue weighted by atomic mass is 10.0. The number of benzene rings is 2. The predicted octanol–water partition coefficient (Wildman–Crippen LogP) is 7.31. The number of imidazole rings is 1. The highest BCUT2D eigenvalue weighted by molar-refractivity contribution is 6.04. The molecule has 0 spiro atoms. The number of likely N-dealkylation sites (tertiary alicyclic amines) is 1. The van der Waals surface area contributed by atoms with Gasteiger partial charge < -0.3 is 10.3 Å². The van der Waals surface area contributed by atoms with E-state index in [-0.39, 0.29) is 34.9 Å². The fourth-order valence-electron chi connectivity index (χ4n) is 4.91. The van der Waals surface area contributed by atoms with Crippen LogP contribution in [0.25, 0.3) is 11.5 Å². The number of hydrogen-bond acceptors (Lipinski definition) is 4. The number of H-pyrrole nitrogens is 1. The van der Waals surface area contributed by atoms with E-state index in [1.807, 2.05) is 4.90 Å². The second-order valence-electron chi connectivity index (χ2n) is 10.8. The molecule has 6 nitrogen and oxygen atoms in total. The number of carbonyl (C=O) groups excluding carboxylic acids is 1. The second-order valence-corrected chi connectivity index (χ2v) is 10.8. The molecule has 228 valence electrons. The Kier molecular flexibility index (Phi) is 8.52. The van der Waals surface area contributed by atoms with Gasteiger partial charge in [0.1, 0.15) is 11.4 Å². The Morgan fingerprint density at radius 1 is 1.00 bits per heavy atom. The number of carbonyl (C=O) groups is 1. The van der Waals surface area contributed by atoms with Gasteiger partial charge in [0.25, 0.3) is 5.91 Å². The summed E-state index contributed by atoms with van der Waals surface area (Å²) < 4.78 is 80.2. The van der Waals surface area contributed by atoms with Crippen molar-refractivity contribution in [2.45, 2.75) is 39.2 Å². The Labute approximate surface area is 249 Å². The minimum absolute atomic E-state index is 0.0270. The molecule has 1 saturated heterocycles. The largest absolute Gasteiger partial charge is 0.432 e. The SMILES string of the molecule is Cc1ccc(C(=O)Nc2ccc(CN3CC[C@@H](C)C3)c(C(F)(F)F)c2)cc1C#Cc1ccc(-c2ncc(C(F)(F)F)[nH]2)nc1. The lowest BCUT2D eigenvalue weighted by molar-refractivity contribution is -0.141. The summed E-state index contributed by atoms with van der Waals surface area (Å²) in [6.45, 7) is 5.54. The number of halogens is 6. The van der Waals surface area contributed by atoms with Gasteiger partial charge in [0.2, 0.25) is 0 Å². The zero-order chi connectivity index (χ0) is 31.6. The molecule has 1 amide bonds. The Morgan fingerprint density at radius 3 is 2.43 bits per heavy atom. The average Bonchev–Trinajstić information content (AvgIpc) is 3.63. The standard InChI is InChI=1S/C32H27F6N5O/c1-19-11-12-43(17-19)18-24-8-9-25(14-26(24)31(33,34)35)41-30(44)23-6-3-20(2)22(13-23)7-4-21-5-10-27(39-15-21)29-40-16-28(42-29)32(36,37)38/h3,5-6,8-10,13-16,19H,11-12,17-18H2,1-2H3,(H,40,42)(H,41,44)/t19-/m1/s1. The summed E-state index contributed by atoms with van der Waals surface area (Å²) in [5.74, 6) is 5.66. The van der Waals surface area contributed by atoms with Crippen LogP contribution in [0.15, 0.2) is 60.9 Å². The van der Waals surface area contributed by atoms with E-state index >= 15 is 0 Å². The zero-order valence-corrected chi connectivity index (χ0v) is 23.7. The third-order valence-corrected chi connectivity index (χ3v) is 7.30. The molecule has 2 N–H and O–H groups in total. The van der Waals surface area contributed by atoms with Crippen LogP contribution in [-0.4, -0.2) is 38.8 Å². The van der Waals surface area contributed by atoms with Crippen molar-refractivity contribution in [2.24, 2.45) is 5.92 Å². The van der Waals surface area contributed by atoms with Gasteiger partial charge in [0, 0.05) is 41.7 Å². The molecule has 1 aliphatic heterocycles. The molecule has 44 heavy (non-hydrogen) atoms. The van der Waals surface area contributed by atoms with Gasteiger partial charge in [-0.25, -0.2) is 4.98 Å². The Morgan fingerprint density at radius 2 is 1.80 bits per heavy atom. The molecule has 1 fully saturated rings. The van der Waals surface area contributed by atoms with Crippen molar-refractivity contribution in [3.8, 4) is 23.4 Å². The third-order valence-electron chi connectivity index (χ3n) is 7.30. The number of rotatable bonds is 5. The van der Waals surface area contributed by atoms with Gasteiger partial charge in [-0.1, -0.05) is 30.9 Å². The lowest BCUT2D eigenvalue weighted by Crippen LogP contribution is -2.22. The van der Waals surface area contributed by atoms with Crippen molar-refractivity contribution in [3.63, 3.8) is 0 Å². The molecule has 2 aromatic heterocycles. The molecule has 12 heteroatoms. The van der Waals surface area contributed by atoms with Crippen molar-refractivity contribution < 1.29 is 31.1 Å². The van der Waals surface area contributed by atoms with Gasteiger partial charge in [-0.05, 0) is 73.3 Å². The number of amides is 1. The monoisotopic (exact) mass is 611 g/mol. The summed E-state index contributed by atoms with van der Waals surface area (Å²) in [5.41, 5.74) is 0.565. The van der Waals surface area contributed by atoms with Gasteiger partial charge in [-0.2, -0.15) is 26.3 Å². The fraction of sp³-hybridized carbons (Fsp3) is 0.281. The maximum Gasteiger partial charge on any atom is 0.432 e. The number of hydrogen-bond donors (Lipinski definition) is 2. The summed E-state index contributed by atoms with van der Waals surface area (Å²) in [5, 5.41) is 2.56. The zero-order valence-electron chi connectivity index (χ0n) is 23.7. The van der Waals surface area contributed by atoms with Crippen molar-refractivity contribution in [1.82, 2.24) is 19.9 Å². The molecule has 0 unspecified atom stereocenters. The van der Waals surface area contributed by atoms with E-state index in [1.54, 1.807) is 25.1 Å². The first-order valence-electron chi connectivity index (χ1n) is 13.7. The molecule has 0 radical (unpaired) electrons. The van der Waals surface area contributed by atoms with E-state index in [0.717, 1.165) is 31.1 Å². The summed E-state index contributed by atoms with van der Waals surface area (Å²) in [6, 6.07) is 11.7. The van der Waals surface area contributed by atoms with E-state index in [1.165, 1.54) is 30.5 Å². The summed E-state index contributed by atoms with van der Waals surface area (Å²) in [6.07, 6.45) is -6.11. The number of aromatic nitrogens is 3. The van der Waals surface area contributed by atoms with Crippen LogP contribution in [0.1, 0.15) is 57.2 Å². The number of aryl methyl sites for hydroxylation is 1. The number of nitrogens with one attached hydrogen (secondary N) is 2. The molecular weight excluding hydrogens is 584 g/mol. The second kappa shape index (κ2) is 12.2. The first-order chi connectivity index (χ1) is 20.8. The Hall–Kier alpha value is -4.63.